The van der Waals surface area contributed by atoms with Crippen molar-refractivity contribution in [1.29, 1.82) is 5.41 Å². The highest BCUT2D eigenvalue weighted by Gasteiger charge is 2.09. The number of amides is 2. The molecule has 0 radical (unpaired) electrons. The lowest BCUT2D eigenvalue weighted by Crippen LogP contribution is -2.41. The quantitative estimate of drug-likeness (QED) is 0.229. The molecule has 0 aliphatic heterocycles. The monoisotopic (exact) mass is 469 g/mol. The Morgan fingerprint density at radius 2 is 1.44 bits per heavy atom. The Morgan fingerprint density at radius 1 is 0.875 bits per heavy atom. The molecule has 0 fully saturated rings. The van der Waals surface area contributed by atoms with Gasteiger partial charge in [0, 0.05) is 6.54 Å². The molecule has 32 heavy (non-hydrogen) atoms. The fourth-order valence-corrected chi connectivity index (χ4v) is 2.91. The van der Waals surface area contributed by atoms with Crippen LogP contribution in [-0.4, -0.2) is 18.1 Å². The average Bonchev–Trinajstić information content (AvgIpc) is 2.81. The largest absolute Gasteiger partial charge is 0.334 e. The zero-order chi connectivity index (χ0) is 23.2. The first-order valence-corrected chi connectivity index (χ1v) is 10.2. The number of benzene rings is 3. The summed E-state index contributed by atoms with van der Waals surface area (Å²) in [6.45, 7) is 0.803. The maximum atomic E-state index is 11.7. The molecule has 3 aromatic rings. The van der Waals surface area contributed by atoms with E-state index in [9.17, 15) is 9.59 Å². The Kier molecular flexibility index (Phi) is 10.5. The van der Waals surface area contributed by atoms with Gasteiger partial charge in [-0.2, -0.15) is 0 Å². The van der Waals surface area contributed by atoms with Gasteiger partial charge in [0.15, 0.2) is 0 Å². The molecule has 4 N–H and O–H groups in total. The molecule has 9 heteroatoms. The smallest absolute Gasteiger partial charge is 0.321 e. The predicted molar refractivity (Wildman–Crippen MR) is 128 cm³/mol. The lowest BCUT2D eigenvalue weighted by atomic mass is 10.2. The third kappa shape index (κ3) is 9.02. The number of urea groups is 1. The SMILES string of the molecule is N=C(NC(=O)NCc1ccccc1)Nc1c(Cl)cccc1Cl.O=C=NCc1ccccc1. The maximum absolute atomic E-state index is 11.7. The van der Waals surface area contributed by atoms with E-state index < -0.39 is 6.03 Å². The third-order valence-electron chi connectivity index (χ3n) is 3.92. The van der Waals surface area contributed by atoms with Crippen molar-refractivity contribution in [3.8, 4) is 0 Å². The van der Waals surface area contributed by atoms with Crippen LogP contribution < -0.4 is 16.0 Å². The Balaban J connectivity index is 0.000000303. The molecule has 3 aromatic carbocycles. The molecule has 7 nitrogen and oxygen atoms in total. The van der Waals surface area contributed by atoms with Crippen molar-refractivity contribution in [2.45, 2.75) is 13.1 Å². The first kappa shape index (κ1) is 24.6. The zero-order valence-corrected chi connectivity index (χ0v) is 18.5. The van der Waals surface area contributed by atoms with E-state index in [0.717, 1.165) is 11.1 Å². The van der Waals surface area contributed by atoms with Gasteiger partial charge >= 0.3 is 6.03 Å². The van der Waals surface area contributed by atoms with Crippen molar-refractivity contribution >= 4 is 47.0 Å². The highest BCUT2D eigenvalue weighted by atomic mass is 35.5. The molecular weight excluding hydrogens is 449 g/mol. The first-order valence-electron chi connectivity index (χ1n) is 9.45. The summed E-state index contributed by atoms with van der Waals surface area (Å²) in [6.07, 6.45) is 1.49. The van der Waals surface area contributed by atoms with Crippen LogP contribution in [0.1, 0.15) is 11.1 Å². The van der Waals surface area contributed by atoms with Crippen molar-refractivity contribution in [3.63, 3.8) is 0 Å². The molecule has 2 amide bonds. The van der Waals surface area contributed by atoms with Gasteiger partial charge < -0.3 is 10.6 Å². The second-order valence-electron chi connectivity index (χ2n) is 6.28. The number of hydrogen-bond acceptors (Lipinski definition) is 4. The van der Waals surface area contributed by atoms with E-state index in [0.29, 0.717) is 28.8 Å². The molecule has 0 spiro atoms. The Hall–Kier alpha value is -3.64. The van der Waals surface area contributed by atoms with Gasteiger partial charge in [0.1, 0.15) is 0 Å². The van der Waals surface area contributed by atoms with Crippen LogP contribution in [0.15, 0.2) is 83.9 Å². The number of carbonyl (C=O) groups is 1. The molecule has 0 saturated carbocycles. The minimum absolute atomic E-state index is 0.222. The number of anilines is 1. The standard InChI is InChI=1S/C15H14Cl2N4O.C8H7NO/c16-11-7-4-8-12(17)13(11)20-14(18)21-15(22)19-9-10-5-2-1-3-6-10;10-7-9-6-8-4-2-1-3-5-8/h1-8H,9H2,(H4,18,19,20,21,22);1-5H,6H2. The summed E-state index contributed by atoms with van der Waals surface area (Å²) in [5.41, 5.74) is 2.37. The van der Waals surface area contributed by atoms with Gasteiger partial charge in [-0.3, -0.25) is 10.7 Å². The predicted octanol–water partition coefficient (Wildman–Crippen LogP) is 5.36. The number of nitrogens with zero attached hydrogens (tertiary/aromatic N) is 1. The van der Waals surface area contributed by atoms with Crippen molar-refractivity contribution < 1.29 is 9.59 Å². The number of halogens is 2. The van der Waals surface area contributed by atoms with Crippen molar-refractivity contribution in [1.82, 2.24) is 10.6 Å². The molecule has 0 unspecified atom stereocenters. The molecule has 0 saturated heterocycles. The van der Waals surface area contributed by atoms with Crippen molar-refractivity contribution in [2.75, 3.05) is 5.32 Å². The number of nitrogens with one attached hydrogen (secondary N) is 4. The summed E-state index contributed by atoms with van der Waals surface area (Å²) >= 11 is 12.0. The van der Waals surface area contributed by atoms with E-state index in [4.69, 9.17) is 28.6 Å². The lowest BCUT2D eigenvalue weighted by molar-refractivity contribution is 0.245. The van der Waals surface area contributed by atoms with Crippen LogP contribution in [0.2, 0.25) is 10.0 Å². The fraction of sp³-hybridized carbons (Fsp3) is 0.0870. The lowest BCUT2D eigenvalue weighted by Gasteiger charge is -2.12. The maximum Gasteiger partial charge on any atom is 0.321 e. The second kappa shape index (κ2) is 13.6. The second-order valence-corrected chi connectivity index (χ2v) is 7.10. The topological polar surface area (TPSA) is 106 Å². The minimum Gasteiger partial charge on any atom is -0.334 e. The number of para-hydroxylation sites is 1. The number of isocyanates is 1. The van der Waals surface area contributed by atoms with E-state index >= 15 is 0 Å². The van der Waals surface area contributed by atoms with Crippen LogP contribution >= 0.6 is 23.2 Å². The summed E-state index contributed by atoms with van der Waals surface area (Å²) < 4.78 is 0. The van der Waals surface area contributed by atoms with Gasteiger partial charge in [-0.15, -0.1) is 0 Å². The molecule has 0 aliphatic carbocycles. The molecular formula is C23H21Cl2N5O2. The van der Waals surface area contributed by atoms with E-state index in [1.807, 2.05) is 60.7 Å². The Labute approximate surface area is 196 Å². The Bertz CT molecular complexity index is 1050. The molecule has 3 rings (SSSR count). The fourth-order valence-electron chi connectivity index (χ4n) is 2.42. The van der Waals surface area contributed by atoms with Gasteiger partial charge in [0.2, 0.25) is 12.0 Å². The van der Waals surface area contributed by atoms with Crippen LogP contribution in [-0.2, 0) is 17.9 Å². The Morgan fingerprint density at radius 3 is 2.00 bits per heavy atom. The van der Waals surface area contributed by atoms with Crippen LogP contribution in [0.25, 0.3) is 0 Å². The normalized spacial score (nSPS) is 9.44. The van der Waals surface area contributed by atoms with Crippen LogP contribution in [0, 0.1) is 5.41 Å². The number of rotatable bonds is 5. The van der Waals surface area contributed by atoms with E-state index in [-0.39, 0.29) is 5.96 Å². The van der Waals surface area contributed by atoms with E-state index in [1.54, 1.807) is 18.2 Å². The zero-order valence-electron chi connectivity index (χ0n) is 16.9. The molecule has 0 aliphatic rings. The van der Waals surface area contributed by atoms with Gasteiger partial charge in [-0.25, -0.2) is 14.6 Å². The average molecular weight is 470 g/mol. The summed E-state index contributed by atoms with van der Waals surface area (Å²) in [5, 5.41) is 16.1. The van der Waals surface area contributed by atoms with E-state index in [2.05, 4.69) is 20.9 Å². The molecule has 0 heterocycles. The summed E-state index contributed by atoms with van der Waals surface area (Å²) in [4.78, 5) is 24.8. The molecule has 164 valence electrons. The minimum atomic E-state index is -0.496. The number of aliphatic imine (C=N–C) groups is 1. The highest BCUT2D eigenvalue weighted by molar-refractivity contribution is 6.39. The number of carbonyl (C=O) groups excluding carboxylic acids is 2. The highest BCUT2D eigenvalue weighted by Crippen LogP contribution is 2.29. The summed E-state index contributed by atoms with van der Waals surface area (Å²) in [6, 6.07) is 23.5. The van der Waals surface area contributed by atoms with Crippen LogP contribution in [0.5, 0.6) is 0 Å². The summed E-state index contributed by atoms with van der Waals surface area (Å²) in [5.74, 6) is -0.222. The van der Waals surface area contributed by atoms with Crippen molar-refractivity contribution in [2.24, 2.45) is 4.99 Å². The van der Waals surface area contributed by atoms with Crippen LogP contribution in [0.3, 0.4) is 0 Å². The first-order chi connectivity index (χ1) is 15.5. The van der Waals surface area contributed by atoms with Gasteiger partial charge in [-0.1, -0.05) is 89.9 Å². The van der Waals surface area contributed by atoms with Gasteiger partial charge in [0.05, 0.1) is 22.3 Å². The van der Waals surface area contributed by atoms with Crippen molar-refractivity contribution in [3.05, 3.63) is 100 Å². The molecule has 0 atom stereocenters. The number of hydrogen-bond donors (Lipinski definition) is 4. The molecule has 0 aromatic heterocycles. The molecule has 0 bridgehead atoms. The van der Waals surface area contributed by atoms with Gasteiger partial charge in [-0.05, 0) is 23.3 Å². The van der Waals surface area contributed by atoms with Gasteiger partial charge in [0.25, 0.3) is 0 Å². The third-order valence-corrected chi connectivity index (χ3v) is 4.55. The number of guanidine groups is 1. The summed E-state index contributed by atoms with van der Waals surface area (Å²) in [7, 11) is 0. The van der Waals surface area contributed by atoms with E-state index in [1.165, 1.54) is 6.08 Å². The van der Waals surface area contributed by atoms with Crippen LogP contribution in [0.4, 0.5) is 10.5 Å².